The van der Waals surface area contributed by atoms with E-state index in [2.05, 4.69) is 5.32 Å². The number of carbonyl (C=O) groups excluding carboxylic acids is 1. The van der Waals surface area contributed by atoms with Crippen molar-refractivity contribution in [3.05, 3.63) is 40.7 Å². The summed E-state index contributed by atoms with van der Waals surface area (Å²) in [6, 6.07) is 5.50. The molecule has 0 heterocycles. The number of rotatable bonds is 4. The maximum absolute atomic E-state index is 13.4. The van der Waals surface area contributed by atoms with E-state index in [-0.39, 0.29) is 22.8 Å². The molecule has 2 amide bonds. The average Bonchev–Trinajstić information content (AvgIpc) is 2.31. The molecule has 0 aliphatic heterocycles. The van der Waals surface area contributed by atoms with Gasteiger partial charge in [-0.2, -0.15) is 0 Å². The van der Waals surface area contributed by atoms with Gasteiger partial charge in [-0.15, -0.1) is 0 Å². The van der Waals surface area contributed by atoms with E-state index in [1.165, 1.54) is 23.1 Å². The molecule has 0 aliphatic rings. The van der Waals surface area contributed by atoms with Gasteiger partial charge >= 0.3 is 6.03 Å². The van der Waals surface area contributed by atoms with E-state index in [4.69, 9.17) is 23.2 Å². The molecule has 1 rings (SSSR count). The number of hydrogen-bond donors (Lipinski definition) is 1. The Morgan fingerprint density at radius 2 is 2.05 bits per heavy atom. The summed E-state index contributed by atoms with van der Waals surface area (Å²) in [5, 5.41) is 2.51. The summed E-state index contributed by atoms with van der Waals surface area (Å²) in [4.78, 5) is 13.5. The first-order valence-electron chi connectivity index (χ1n) is 5.75. The van der Waals surface area contributed by atoms with Gasteiger partial charge in [0.1, 0.15) is 10.3 Å². The number of halogens is 3. The van der Waals surface area contributed by atoms with E-state index >= 15 is 0 Å². The molecule has 0 unspecified atom stereocenters. The second-order valence-corrected chi connectivity index (χ2v) is 5.16. The number of hydrogen-bond acceptors (Lipinski definition) is 1. The van der Waals surface area contributed by atoms with E-state index in [1.54, 1.807) is 12.1 Å². The fourth-order valence-electron chi connectivity index (χ4n) is 1.45. The monoisotopic (exact) mass is 304 g/mol. The van der Waals surface area contributed by atoms with E-state index in [0.29, 0.717) is 0 Å². The quantitative estimate of drug-likeness (QED) is 0.879. The molecule has 0 spiro atoms. The summed E-state index contributed by atoms with van der Waals surface area (Å²) in [5.41, 5.74) is 0.138. The van der Waals surface area contributed by atoms with Crippen molar-refractivity contribution in [3.8, 4) is 0 Å². The van der Waals surface area contributed by atoms with Gasteiger partial charge in [0, 0.05) is 12.6 Å². The number of benzene rings is 1. The molecule has 1 N–H and O–H groups in total. The zero-order chi connectivity index (χ0) is 14.4. The van der Waals surface area contributed by atoms with Crippen molar-refractivity contribution in [2.75, 3.05) is 11.9 Å². The van der Waals surface area contributed by atoms with Crippen molar-refractivity contribution in [2.24, 2.45) is 0 Å². The molecule has 0 saturated heterocycles. The van der Waals surface area contributed by atoms with Gasteiger partial charge in [0.15, 0.2) is 0 Å². The average molecular weight is 305 g/mol. The highest BCUT2D eigenvalue weighted by molar-refractivity contribution is 6.55. The predicted molar refractivity (Wildman–Crippen MR) is 77.0 cm³/mol. The van der Waals surface area contributed by atoms with Crippen LogP contribution in [0, 0.1) is 5.82 Å². The highest BCUT2D eigenvalue weighted by Crippen LogP contribution is 2.14. The minimum atomic E-state index is -0.481. The van der Waals surface area contributed by atoms with E-state index in [1.807, 2.05) is 13.8 Å². The van der Waals surface area contributed by atoms with Crippen LogP contribution in [0.1, 0.15) is 13.8 Å². The van der Waals surface area contributed by atoms with Gasteiger partial charge in [0.2, 0.25) is 0 Å². The van der Waals surface area contributed by atoms with Gasteiger partial charge in [-0.1, -0.05) is 35.3 Å². The Hall–Kier alpha value is -1.26. The lowest BCUT2D eigenvalue weighted by atomic mass is 10.3. The largest absolute Gasteiger partial charge is 0.322 e. The van der Waals surface area contributed by atoms with E-state index in [9.17, 15) is 9.18 Å². The summed E-state index contributed by atoms with van der Waals surface area (Å²) >= 11 is 11.0. The van der Waals surface area contributed by atoms with Gasteiger partial charge in [0.25, 0.3) is 0 Å². The molecule has 0 saturated carbocycles. The molecule has 0 bridgehead atoms. The lowest BCUT2D eigenvalue weighted by Gasteiger charge is -2.25. The summed E-state index contributed by atoms with van der Waals surface area (Å²) in [6.07, 6.45) is 1.50. The number of amides is 2. The van der Waals surface area contributed by atoms with Crippen LogP contribution >= 0.6 is 23.2 Å². The van der Waals surface area contributed by atoms with Gasteiger partial charge in [-0.3, -0.25) is 0 Å². The lowest BCUT2D eigenvalue weighted by Crippen LogP contribution is -2.40. The molecule has 6 heteroatoms. The van der Waals surface area contributed by atoms with Crippen molar-refractivity contribution in [3.63, 3.8) is 0 Å². The van der Waals surface area contributed by atoms with Crippen LogP contribution in [-0.2, 0) is 0 Å². The molecule has 0 fully saturated rings. The fraction of sp³-hybridized carbons (Fsp3) is 0.308. The van der Waals surface area contributed by atoms with Crippen LogP contribution in [0.15, 0.2) is 34.8 Å². The van der Waals surface area contributed by atoms with Crippen molar-refractivity contribution in [1.29, 1.82) is 0 Å². The summed E-state index contributed by atoms with van der Waals surface area (Å²) in [6.45, 7) is 3.94. The van der Waals surface area contributed by atoms with Crippen LogP contribution < -0.4 is 5.32 Å². The minimum absolute atomic E-state index is 0.0734. The lowest BCUT2D eigenvalue weighted by molar-refractivity contribution is 0.204. The second kappa shape index (κ2) is 7.36. The molecule has 3 nitrogen and oxygen atoms in total. The molecule has 0 aromatic heterocycles. The Balaban J connectivity index is 2.78. The minimum Gasteiger partial charge on any atom is -0.318 e. The summed E-state index contributed by atoms with van der Waals surface area (Å²) < 4.78 is 13.5. The third-order valence-corrected chi connectivity index (χ3v) is 2.75. The SMILES string of the molecule is CC(C)N(CC=C(Cl)Cl)C(=O)Nc1ccccc1F. The first-order valence-corrected chi connectivity index (χ1v) is 6.50. The van der Waals surface area contributed by atoms with Gasteiger partial charge in [-0.05, 0) is 32.1 Å². The van der Waals surface area contributed by atoms with Crippen LogP contribution in [0.2, 0.25) is 0 Å². The van der Waals surface area contributed by atoms with Crippen molar-refractivity contribution in [1.82, 2.24) is 4.90 Å². The molecule has 0 aliphatic carbocycles. The zero-order valence-corrected chi connectivity index (χ0v) is 12.2. The number of para-hydroxylation sites is 1. The highest BCUT2D eigenvalue weighted by atomic mass is 35.5. The third-order valence-electron chi connectivity index (χ3n) is 2.44. The van der Waals surface area contributed by atoms with Crippen molar-refractivity contribution in [2.45, 2.75) is 19.9 Å². The fourth-order valence-corrected chi connectivity index (χ4v) is 1.58. The van der Waals surface area contributed by atoms with Crippen LogP contribution in [0.5, 0.6) is 0 Å². The highest BCUT2D eigenvalue weighted by Gasteiger charge is 2.17. The van der Waals surface area contributed by atoms with Gasteiger partial charge < -0.3 is 10.2 Å². The number of anilines is 1. The first kappa shape index (κ1) is 15.8. The van der Waals surface area contributed by atoms with Crippen LogP contribution in [-0.4, -0.2) is 23.5 Å². The molecular weight excluding hydrogens is 290 g/mol. The normalized spacial score (nSPS) is 10.2. The number of nitrogens with one attached hydrogen (secondary N) is 1. The maximum atomic E-state index is 13.4. The van der Waals surface area contributed by atoms with Crippen LogP contribution in [0.25, 0.3) is 0 Å². The van der Waals surface area contributed by atoms with Crippen LogP contribution in [0.4, 0.5) is 14.9 Å². The molecule has 0 atom stereocenters. The standard InChI is InChI=1S/C13H15Cl2FN2O/c1-9(2)18(8-7-12(14)15)13(19)17-11-6-4-3-5-10(11)16/h3-7,9H,8H2,1-2H3,(H,17,19). The van der Waals surface area contributed by atoms with Crippen molar-refractivity contribution < 1.29 is 9.18 Å². The zero-order valence-electron chi connectivity index (χ0n) is 10.7. The third kappa shape index (κ3) is 5.09. The Kier molecular flexibility index (Phi) is 6.12. The Morgan fingerprint density at radius 3 is 2.58 bits per heavy atom. The van der Waals surface area contributed by atoms with E-state index < -0.39 is 11.8 Å². The molecule has 1 aromatic carbocycles. The van der Waals surface area contributed by atoms with E-state index in [0.717, 1.165) is 0 Å². The Bertz CT molecular complexity index is 473. The Labute approximate surface area is 122 Å². The topological polar surface area (TPSA) is 32.3 Å². The molecule has 1 aromatic rings. The molecular formula is C13H15Cl2FN2O. The molecule has 104 valence electrons. The maximum Gasteiger partial charge on any atom is 0.322 e. The second-order valence-electron chi connectivity index (χ2n) is 4.15. The van der Waals surface area contributed by atoms with Crippen molar-refractivity contribution >= 4 is 34.9 Å². The number of nitrogens with zero attached hydrogens (tertiary/aromatic N) is 1. The molecule has 19 heavy (non-hydrogen) atoms. The summed E-state index contributed by atoms with van der Waals surface area (Å²) in [5.74, 6) is -0.481. The van der Waals surface area contributed by atoms with Gasteiger partial charge in [0.05, 0.1) is 5.69 Å². The number of urea groups is 1. The predicted octanol–water partition coefficient (Wildman–Crippen LogP) is 4.39. The smallest absolute Gasteiger partial charge is 0.318 e. The van der Waals surface area contributed by atoms with Crippen LogP contribution in [0.3, 0.4) is 0 Å². The Morgan fingerprint density at radius 1 is 1.42 bits per heavy atom. The van der Waals surface area contributed by atoms with Gasteiger partial charge in [-0.25, -0.2) is 9.18 Å². The summed E-state index contributed by atoms with van der Waals surface area (Å²) in [7, 11) is 0. The first-order chi connectivity index (χ1) is 8.91. The molecule has 0 radical (unpaired) electrons. The number of carbonyl (C=O) groups is 1.